The standard InChI is InChI=1S/C19H14N2O5S/c22-18(17-6-3-11-27-17)20-16-5-2-1-4-15(16)19(23)26-12-13-7-9-14(10-8-13)21(24)25/h1-11H,12H2,(H,20,22). The maximum atomic E-state index is 12.4. The van der Waals surface area contributed by atoms with Crippen molar-refractivity contribution in [2.45, 2.75) is 6.61 Å². The highest BCUT2D eigenvalue weighted by molar-refractivity contribution is 7.12. The lowest BCUT2D eigenvalue weighted by Crippen LogP contribution is -2.15. The molecule has 3 rings (SSSR count). The molecule has 2 aromatic carbocycles. The van der Waals surface area contributed by atoms with Crippen LogP contribution in [0.15, 0.2) is 66.0 Å². The molecule has 0 bridgehead atoms. The van der Waals surface area contributed by atoms with E-state index in [1.807, 2.05) is 0 Å². The molecule has 0 aliphatic rings. The minimum atomic E-state index is -0.601. The first-order chi connectivity index (χ1) is 13.0. The van der Waals surface area contributed by atoms with Gasteiger partial charge in [0.2, 0.25) is 0 Å². The van der Waals surface area contributed by atoms with Gasteiger partial charge in [-0.1, -0.05) is 18.2 Å². The summed E-state index contributed by atoms with van der Waals surface area (Å²) in [6.45, 7) is -0.0377. The van der Waals surface area contributed by atoms with Crippen LogP contribution >= 0.6 is 11.3 Å². The van der Waals surface area contributed by atoms with Crippen LogP contribution in [0.25, 0.3) is 0 Å². The summed E-state index contributed by atoms with van der Waals surface area (Å²) >= 11 is 1.30. The molecule has 0 atom stereocenters. The van der Waals surface area contributed by atoms with Crippen LogP contribution < -0.4 is 5.32 Å². The summed E-state index contributed by atoms with van der Waals surface area (Å²) in [5, 5.41) is 15.2. The number of carbonyl (C=O) groups excluding carboxylic acids is 2. The Morgan fingerprint density at radius 2 is 1.78 bits per heavy atom. The number of nitrogens with one attached hydrogen (secondary N) is 1. The summed E-state index contributed by atoms with van der Waals surface area (Å²) in [5.41, 5.74) is 1.16. The molecule has 8 heteroatoms. The first-order valence-corrected chi connectivity index (χ1v) is 8.77. The summed E-state index contributed by atoms with van der Waals surface area (Å²) in [6.07, 6.45) is 0. The molecule has 0 spiro atoms. The van der Waals surface area contributed by atoms with Crippen molar-refractivity contribution in [3.8, 4) is 0 Å². The predicted octanol–water partition coefficient (Wildman–Crippen LogP) is 4.27. The topological polar surface area (TPSA) is 98.5 Å². The predicted molar refractivity (Wildman–Crippen MR) is 101 cm³/mol. The fourth-order valence-corrected chi connectivity index (χ4v) is 2.92. The van der Waals surface area contributed by atoms with Crippen molar-refractivity contribution in [1.82, 2.24) is 0 Å². The van der Waals surface area contributed by atoms with Crippen LogP contribution in [-0.4, -0.2) is 16.8 Å². The lowest BCUT2D eigenvalue weighted by molar-refractivity contribution is -0.384. The molecule has 0 fully saturated rings. The van der Waals surface area contributed by atoms with Crippen LogP contribution in [-0.2, 0) is 11.3 Å². The van der Waals surface area contributed by atoms with Crippen LogP contribution in [0.4, 0.5) is 11.4 Å². The third-order valence-electron chi connectivity index (χ3n) is 3.66. The van der Waals surface area contributed by atoms with Gasteiger partial charge in [-0.05, 0) is 41.3 Å². The number of amides is 1. The molecule has 1 N–H and O–H groups in total. The van der Waals surface area contributed by atoms with Gasteiger partial charge >= 0.3 is 5.97 Å². The maximum Gasteiger partial charge on any atom is 0.340 e. The molecule has 1 heterocycles. The molecule has 7 nitrogen and oxygen atoms in total. The van der Waals surface area contributed by atoms with Gasteiger partial charge in [0.1, 0.15) is 6.61 Å². The van der Waals surface area contributed by atoms with Gasteiger partial charge in [0.05, 0.1) is 21.1 Å². The SMILES string of the molecule is O=C(Nc1ccccc1C(=O)OCc1ccc([N+](=O)[O-])cc1)c1cccs1. The van der Waals surface area contributed by atoms with Gasteiger partial charge in [0.15, 0.2) is 0 Å². The Kier molecular flexibility index (Phi) is 5.58. The number of nitrogens with zero attached hydrogens (tertiary/aromatic N) is 1. The van der Waals surface area contributed by atoms with E-state index in [-0.39, 0.29) is 23.8 Å². The van der Waals surface area contributed by atoms with Gasteiger partial charge in [-0.25, -0.2) is 4.79 Å². The van der Waals surface area contributed by atoms with Crippen molar-refractivity contribution in [2.24, 2.45) is 0 Å². The number of nitro groups is 1. The largest absolute Gasteiger partial charge is 0.457 e. The van der Waals surface area contributed by atoms with Crippen molar-refractivity contribution in [2.75, 3.05) is 5.32 Å². The smallest absolute Gasteiger partial charge is 0.340 e. The molecule has 27 heavy (non-hydrogen) atoms. The van der Waals surface area contributed by atoms with E-state index in [1.165, 1.54) is 35.6 Å². The molecule has 0 saturated heterocycles. The highest BCUT2D eigenvalue weighted by Crippen LogP contribution is 2.20. The zero-order valence-corrected chi connectivity index (χ0v) is 14.8. The number of benzene rings is 2. The molecular formula is C19H14N2O5S. The monoisotopic (exact) mass is 382 g/mol. The summed E-state index contributed by atoms with van der Waals surface area (Å²) in [5.74, 6) is -0.906. The average Bonchev–Trinajstić information content (AvgIpc) is 3.22. The second-order valence-electron chi connectivity index (χ2n) is 5.48. The number of esters is 1. The molecular weight excluding hydrogens is 368 g/mol. The Bertz CT molecular complexity index is 968. The van der Waals surface area contributed by atoms with E-state index in [4.69, 9.17) is 4.74 Å². The van der Waals surface area contributed by atoms with Crippen molar-refractivity contribution < 1.29 is 19.2 Å². The second-order valence-corrected chi connectivity index (χ2v) is 6.42. The van der Waals surface area contributed by atoms with Crippen LogP contribution in [0, 0.1) is 10.1 Å². The second kappa shape index (κ2) is 8.24. The van der Waals surface area contributed by atoms with Crippen molar-refractivity contribution in [3.05, 3.63) is 92.2 Å². The van der Waals surface area contributed by atoms with E-state index >= 15 is 0 Å². The molecule has 0 saturated carbocycles. The zero-order valence-electron chi connectivity index (χ0n) is 14.0. The molecule has 136 valence electrons. The zero-order chi connectivity index (χ0) is 19.2. The first kappa shape index (κ1) is 18.3. The highest BCUT2D eigenvalue weighted by Gasteiger charge is 2.16. The third kappa shape index (κ3) is 4.56. The van der Waals surface area contributed by atoms with Crippen molar-refractivity contribution in [1.29, 1.82) is 0 Å². The first-order valence-electron chi connectivity index (χ1n) is 7.89. The number of thiophene rings is 1. The molecule has 1 amide bonds. The van der Waals surface area contributed by atoms with Gasteiger partial charge in [-0.3, -0.25) is 14.9 Å². The number of carbonyl (C=O) groups is 2. The highest BCUT2D eigenvalue weighted by atomic mass is 32.1. The molecule has 0 aliphatic heterocycles. The maximum absolute atomic E-state index is 12.4. The number of non-ortho nitro benzene ring substituents is 1. The molecule has 3 aromatic rings. The van der Waals surface area contributed by atoms with Crippen molar-refractivity contribution in [3.63, 3.8) is 0 Å². The summed E-state index contributed by atoms with van der Waals surface area (Å²) in [4.78, 5) is 35.3. The van der Waals surface area contributed by atoms with Crippen LogP contribution in [0.3, 0.4) is 0 Å². The third-order valence-corrected chi connectivity index (χ3v) is 4.53. The van der Waals surface area contributed by atoms with E-state index in [0.29, 0.717) is 16.1 Å². The molecule has 1 aromatic heterocycles. The van der Waals surface area contributed by atoms with Gasteiger partial charge in [-0.2, -0.15) is 0 Å². The Hall–Kier alpha value is -3.52. The van der Waals surface area contributed by atoms with Gasteiger partial charge in [0, 0.05) is 12.1 Å². The van der Waals surface area contributed by atoms with E-state index in [9.17, 15) is 19.7 Å². The van der Waals surface area contributed by atoms with Gasteiger partial charge < -0.3 is 10.1 Å². The van der Waals surface area contributed by atoms with Gasteiger partial charge in [0.25, 0.3) is 11.6 Å². The lowest BCUT2D eigenvalue weighted by Gasteiger charge is -2.10. The number of nitro benzene ring substituents is 1. The van der Waals surface area contributed by atoms with Crippen molar-refractivity contribution >= 4 is 34.6 Å². The van der Waals surface area contributed by atoms with E-state index in [0.717, 1.165) is 0 Å². The van der Waals surface area contributed by atoms with E-state index in [1.54, 1.807) is 41.8 Å². The molecule has 0 unspecified atom stereocenters. The number of rotatable bonds is 6. The van der Waals surface area contributed by atoms with Crippen LogP contribution in [0.1, 0.15) is 25.6 Å². The summed E-state index contributed by atoms with van der Waals surface area (Å²) in [6, 6.07) is 15.7. The van der Waals surface area contributed by atoms with E-state index < -0.39 is 10.9 Å². The lowest BCUT2D eigenvalue weighted by atomic mass is 10.1. The summed E-state index contributed by atoms with van der Waals surface area (Å²) in [7, 11) is 0. The Labute approximate surface area is 158 Å². The van der Waals surface area contributed by atoms with Crippen LogP contribution in [0.2, 0.25) is 0 Å². The number of ether oxygens (including phenoxy) is 1. The number of para-hydroxylation sites is 1. The fourth-order valence-electron chi connectivity index (χ4n) is 2.30. The quantitative estimate of drug-likeness (QED) is 0.390. The Morgan fingerprint density at radius 3 is 2.44 bits per heavy atom. The number of hydrogen-bond donors (Lipinski definition) is 1. The minimum Gasteiger partial charge on any atom is -0.457 e. The van der Waals surface area contributed by atoms with Crippen LogP contribution in [0.5, 0.6) is 0 Å². The summed E-state index contributed by atoms with van der Waals surface area (Å²) < 4.78 is 5.27. The molecule has 0 radical (unpaired) electrons. The van der Waals surface area contributed by atoms with Gasteiger partial charge in [-0.15, -0.1) is 11.3 Å². The number of anilines is 1. The Balaban J connectivity index is 1.68. The fraction of sp³-hybridized carbons (Fsp3) is 0.0526. The molecule has 0 aliphatic carbocycles. The normalized spacial score (nSPS) is 10.2. The minimum absolute atomic E-state index is 0.0355. The van der Waals surface area contributed by atoms with E-state index in [2.05, 4.69) is 5.32 Å². The average molecular weight is 382 g/mol. The number of hydrogen-bond acceptors (Lipinski definition) is 6. The Morgan fingerprint density at radius 1 is 1.04 bits per heavy atom.